The van der Waals surface area contributed by atoms with Gasteiger partial charge in [-0.1, -0.05) is 42.0 Å². The van der Waals surface area contributed by atoms with Crippen LogP contribution in [0.25, 0.3) is 0 Å². The maximum Gasteiger partial charge on any atom is 0.0715 e. The molecule has 2 rings (SSSR count). The molecule has 92 valence electrons. The van der Waals surface area contributed by atoms with E-state index in [0.717, 1.165) is 5.69 Å². The number of carbonyl (C=O) groups excluding carboxylic acids is 1. The Morgan fingerprint density at radius 3 is 2.22 bits per heavy atom. The maximum absolute atomic E-state index is 10.6. The number of hydrogen-bond donors (Lipinski definition) is 1. The highest BCUT2D eigenvalue weighted by atomic mass is 16.4. The Hall–Kier alpha value is -2.29. The van der Waals surface area contributed by atoms with Crippen molar-refractivity contribution in [3.05, 3.63) is 65.2 Å². The van der Waals surface area contributed by atoms with Gasteiger partial charge in [-0.3, -0.25) is 0 Å². The molecule has 0 aliphatic heterocycles. The number of benzene rings is 2. The van der Waals surface area contributed by atoms with Crippen molar-refractivity contribution in [2.24, 2.45) is 0 Å². The van der Waals surface area contributed by atoms with Gasteiger partial charge in [0.15, 0.2) is 0 Å². The van der Waals surface area contributed by atoms with E-state index in [9.17, 15) is 9.90 Å². The summed E-state index contributed by atoms with van der Waals surface area (Å²) in [7, 11) is 0. The second kappa shape index (κ2) is 5.36. The van der Waals surface area contributed by atoms with Crippen molar-refractivity contribution >= 4 is 11.7 Å². The van der Waals surface area contributed by atoms with E-state index < -0.39 is 5.97 Å². The summed E-state index contributed by atoms with van der Waals surface area (Å²) in [6, 6.07) is 14.8. The quantitative estimate of drug-likeness (QED) is 0.889. The molecule has 1 N–H and O–H groups in total. The highest BCUT2D eigenvalue weighted by Gasteiger charge is 1.96. The van der Waals surface area contributed by atoms with Gasteiger partial charge in [0.25, 0.3) is 0 Å². The molecule has 0 fully saturated rings. The van der Waals surface area contributed by atoms with Gasteiger partial charge in [0.1, 0.15) is 0 Å². The standard InChI is InChI=1S/C15H15NO2/c1-11-2-4-12(5-3-11)10-16-14-8-6-13(7-9-14)15(17)18/h2-9,16H,10H2,1H3,(H,17,18)/p-1. The molecule has 0 bridgehead atoms. The van der Waals surface area contributed by atoms with Crippen molar-refractivity contribution in [3.8, 4) is 0 Å². The number of carboxylic acid groups (broad SMARTS) is 1. The van der Waals surface area contributed by atoms with Crippen LogP contribution in [0.2, 0.25) is 0 Å². The summed E-state index contributed by atoms with van der Waals surface area (Å²) < 4.78 is 0. The predicted molar refractivity (Wildman–Crippen MR) is 69.3 cm³/mol. The Bertz CT molecular complexity index is 529. The van der Waals surface area contributed by atoms with Crippen LogP contribution in [0.5, 0.6) is 0 Å². The number of rotatable bonds is 4. The van der Waals surface area contributed by atoms with Gasteiger partial charge in [0.2, 0.25) is 0 Å². The van der Waals surface area contributed by atoms with Gasteiger partial charge in [-0.2, -0.15) is 0 Å². The van der Waals surface area contributed by atoms with E-state index in [2.05, 4.69) is 36.5 Å². The van der Waals surface area contributed by atoms with Crippen LogP contribution in [0.4, 0.5) is 5.69 Å². The van der Waals surface area contributed by atoms with Gasteiger partial charge >= 0.3 is 0 Å². The van der Waals surface area contributed by atoms with Crippen LogP contribution in [-0.4, -0.2) is 5.97 Å². The topological polar surface area (TPSA) is 52.2 Å². The third-order valence-electron chi connectivity index (χ3n) is 2.74. The molecule has 3 heteroatoms. The fraction of sp³-hybridized carbons (Fsp3) is 0.133. The highest BCUT2D eigenvalue weighted by molar-refractivity contribution is 5.86. The smallest absolute Gasteiger partial charge is 0.0715 e. The van der Waals surface area contributed by atoms with Crippen LogP contribution >= 0.6 is 0 Å². The van der Waals surface area contributed by atoms with E-state index in [1.807, 2.05) is 0 Å². The largest absolute Gasteiger partial charge is 0.545 e. The molecule has 18 heavy (non-hydrogen) atoms. The molecule has 0 saturated carbocycles. The fourth-order valence-corrected chi connectivity index (χ4v) is 1.63. The number of nitrogens with one attached hydrogen (secondary N) is 1. The number of hydrogen-bond acceptors (Lipinski definition) is 3. The molecule has 0 aliphatic rings. The zero-order valence-corrected chi connectivity index (χ0v) is 10.1. The lowest BCUT2D eigenvalue weighted by Crippen LogP contribution is -2.21. The number of carboxylic acids is 1. The molecule has 3 nitrogen and oxygen atoms in total. The summed E-state index contributed by atoms with van der Waals surface area (Å²) in [6.07, 6.45) is 0. The average molecular weight is 240 g/mol. The van der Waals surface area contributed by atoms with Crippen molar-refractivity contribution in [1.82, 2.24) is 0 Å². The summed E-state index contributed by atoms with van der Waals surface area (Å²) in [5, 5.41) is 13.8. The van der Waals surface area contributed by atoms with Gasteiger partial charge in [-0.25, -0.2) is 0 Å². The molecule has 2 aromatic carbocycles. The normalized spacial score (nSPS) is 10.1. The van der Waals surface area contributed by atoms with Crippen molar-refractivity contribution in [3.63, 3.8) is 0 Å². The molecular formula is C15H14NO2-. The van der Waals surface area contributed by atoms with Crippen LogP contribution in [0.3, 0.4) is 0 Å². The Morgan fingerprint density at radius 2 is 1.67 bits per heavy atom. The SMILES string of the molecule is Cc1ccc(CNc2ccc(C(=O)[O-])cc2)cc1. The van der Waals surface area contributed by atoms with Gasteiger partial charge in [0, 0.05) is 12.2 Å². The lowest BCUT2D eigenvalue weighted by Gasteiger charge is -2.08. The molecule has 0 aliphatic carbocycles. The summed E-state index contributed by atoms with van der Waals surface area (Å²) in [4.78, 5) is 10.6. The van der Waals surface area contributed by atoms with Crippen LogP contribution in [0.15, 0.2) is 48.5 Å². The number of anilines is 1. The molecule has 0 spiro atoms. The Balaban J connectivity index is 1.97. The lowest BCUT2D eigenvalue weighted by molar-refractivity contribution is -0.255. The minimum atomic E-state index is -1.15. The molecule has 0 amide bonds. The molecule has 2 aromatic rings. The van der Waals surface area contributed by atoms with Crippen molar-refractivity contribution in [1.29, 1.82) is 0 Å². The first-order valence-electron chi connectivity index (χ1n) is 5.76. The summed E-state index contributed by atoms with van der Waals surface area (Å²) in [5.41, 5.74) is 3.50. The molecule has 0 radical (unpaired) electrons. The van der Waals surface area contributed by atoms with Crippen molar-refractivity contribution in [2.75, 3.05) is 5.32 Å². The summed E-state index contributed by atoms with van der Waals surface area (Å²) in [6.45, 7) is 2.76. The van der Waals surface area contributed by atoms with E-state index in [1.54, 1.807) is 12.1 Å². The van der Waals surface area contributed by atoms with Crippen LogP contribution in [0, 0.1) is 6.92 Å². The predicted octanol–water partition coefficient (Wildman–Crippen LogP) is 1.97. The number of aromatic carboxylic acids is 1. The van der Waals surface area contributed by atoms with Crippen molar-refractivity contribution in [2.45, 2.75) is 13.5 Å². The molecule has 0 heterocycles. The summed E-state index contributed by atoms with van der Waals surface area (Å²) in [5.74, 6) is -1.15. The third-order valence-corrected chi connectivity index (χ3v) is 2.74. The van der Waals surface area contributed by atoms with Crippen molar-refractivity contribution < 1.29 is 9.90 Å². The van der Waals surface area contributed by atoms with Gasteiger partial charge < -0.3 is 15.2 Å². The molecular weight excluding hydrogens is 226 g/mol. The first-order valence-corrected chi connectivity index (χ1v) is 5.76. The Morgan fingerprint density at radius 1 is 1.06 bits per heavy atom. The highest BCUT2D eigenvalue weighted by Crippen LogP contribution is 2.11. The Kier molecular flexibility index (Phi) is 3.63. The first kappa shape index (κ1) is 12.2. The Labute approximate surface area is 106 Å². The zero-order chi connectivity index (χ0) is 13.0. The van der Waals surface area contributed by atoms with Crippen LogP contribution in [-0.2, 0) is 6.54 Å². The lowest BCUT2D eigenvalue weighted by atomic mass is 10.1. The van der Waals surface area contributed by atoms with E-state index in [-0.39, 0.29) is 5.56 Å². The molecule has 0 saturated heterocycles. The van der Waals surface area contributed by atoms with E-state index in [1.165, 1.54) is 23.3 Å². The van der Waals surface area contributed by atoms with E-state index in [0.29, 0.717) is 6.54 Å². The minimum Gasteiger partial charge on any atom is -0.545 e. The number of aryl methyl sites for hydroxylation is 1. The van der Waals surface area contributed by atoms with Crippen LogP contribution in [0.1, 0.15) is 21.5 Å². The fourth-order valence-electron chi connectivity index (χ4n) is 1.63. The third kappa shape index (κ3) is 3.10. The second-order valence-electron chi connectivity index (χ2n) is 4.20. The van der Waals surface area contributed by atoms with Gasteiger partial charge in [0.05, 0.1) is 5.97 Å². The molecule has 0 atom stereocenters. The maximum atomic E-state index is 10.6. The minimum absolute atomic E-state index is 0.191. The average Bonchev–Trinajstić information content (AvgIpc) is 2.38. The monoisotopic (exact) mass is 240 g/mol. The van der Waals surface area contributed by atoms with Gasteiger partial charge in [-0.15, -0.1) is 0 Å². The molecule has 0 aromatic heterocycles. The second-order valence-corrected chi connectivity index (χ2v) is 4.20. The first-order chi connectivity index (χ1) is 8.65. The summed E-state index contributed by atoms with van der Waals surface area (Å²) >= 11 is 0. The van der Waals surface area contributed by atoms with Crippen LogP contribution < -0.4 is 10.4 Å². The van der Waals surface area contributed by atoms with E-state index >= 15 is 0 Å². The van der Waals surface area contributed by atoms with E-state index in [4.69, 9.17) is 0 Å². The van der Waals surface area contributed by atoms with Gasteiger partial charge in [-0.05, 0) is 30.2 Å². The molecule has 0 unspecified atom stereocenters. The number of carbonyl (C=O) groups is 1. The zero-order valence-electron chi connectivity index (χ0n) is 10.1.